The standard InChI is InChI=1S/C26H34N2O4/c1-30-20-13-11-18(12-14-20)15-19-16-22-23(7-4-5-10-26(29)27-22)28(19)17-21-24(31-2)8-6-9-25(21)32-3/h6,8-9,11-14,19,22-23H,4-5,7,10,15-17H2,1-3H3,(H,27,29)/t19-,22+,23-/m1/s1. The molecule has 0 bridgehead atoms. The van der Waals surface area contributed by atoms with Gasteiger partial charge in [-0.05, 0) is 55.5 Å². The highest BCUT2D eigenvalue weighted by atomic mass is 16.5. The van der Waals surface area contributed by atoms with E-state index in [1.165, 1.54) is 5.56 Å². The first-order valence-corrected chi connectivity index (χ1v) is 11.5. The first kappa shape index (κ1) is 22.5. The van der Waals surface area contributed by atoms with Crippen molar-refractivity contribution in [1.29, 1.82) is 0 Å². The molecule has 2 aromatic rings. The second kappa shape index (κ2) is 10.3. The molecule has 6 nitrogen and oxygen atoms in total. The van der Waals surface area contributed by atoms with Crippen LogP contribution in [-0.4, -0.2) is 50.3 Å². The van der Waals surface area contributed by atoms with Crippen LogP contribution >= 0.6 is 0 Å². The van der Waals surface area contributed by atoms with Gasteiger partial charge in [-0.25, -0.2) is 0 Å². The number of ether oxygens (including phenoxy) is 3. The summed E-state index contributed by atoms with van der Waals surface area (Å²) in [7, 11) is 5.10. The molecule has 0 unspecified atom stereocenters. The number of benzene rings is 2. The lowest BCUT2D eigenvalue weighted by molar-refractivity contribution is -0.122. The predicted octanol–water partition coefficient (Wildman–Crippen LogP) is 3.96. The molecule has 2 saturated heterocycles. The Hall–Kier alpha value is -2.73. The van der Waals surface area contributed by atoms with Gasteiger partial charge in [0.1, 0.15) is 17.2 Å². The number of likely N-dealkylation sites (tertiary alicyclic amines) is 1. The van der Waals surface area contributed by atoms with Gasteiger partial charge in [0.15, 0.2) is 0 Å². The van der Waals surface area contributed by atoms with Gasteiger partial charge >= 0.3 is 0 Å². The fraction of sp³-hybridized carbons (Fsp3) is 0.500. The van der Waals surface area contributed by atoms with E-state index < -0.39 is 0 Å². The van der Waals surface area contributed by atoms with E-state index in [-0.39, 0.29) is 11.9 Å². The second-order valence-corrected chi connectivity index (χ2v) is 8.74. The molecule has 1 amide bonds. The van der Waals surface area contributed by atoms with E-state index in [1.54, 1.807) is 21.3 Å². The molecule has 2 aliphatic heterocycles. The number of methoxy groups -OCH3 is 3. The smallest absolute Gasteiger partial charge is 0.220 e. The molecule has 32 heavy (non-hydrogen) atoms. The van der Waals surface area contributed by atoms with Crippen LogP contribution in [0.15, 0.2) is 42.5 Å². The summed E-state index contributed by atoms with van der Waals surface area (Å²) >= 11 is 0. The van der Waals surface area contributed by atoms with Crippen molar-refractivity contribution in [3.05, 3.63) is 53.6 Å². The molecule has 4 rings (SSSR count). The zero-order valence-corrected chi connectivity index (χ0v) is 19.3. The molecule has 0 saturated carbocycles. The van der Waals surface area contributed by atoms with Crippen molar-refractivity contribution in [2.24, 2.45) is 0 Å². The van der Waals surface area contributed by atoms with Crippen molar-refractivity contribution >= 4 is 5.91 Å². The molecular weight excluding hydrogens is 404 g/mol. The van der Waals surface area contributed by atoms with Crippen LogP contribution in [0.25, 0.3) is 0 Å². The lowest BCUT2D eigenvalue weighted by Gasteiger charge is -2.33. The van der Waals surface area contributed by atoms with Gasteiger partial charge in [0.25, 0.3) is 0 Å². The molecule has 0 spiro atoms. The topological polar surface area (TPSA) is 60.0 Å². The Morgan fingerprint density at radius 2 is 1.69 bits per heavy atom. The largest absolute Gasteiger partial charge is 0.497 e. The van der Waals surface area contributed by atoms with Crippen LogP contribution in [0.4, 0.5) is 0 Å². The minimum absolute atomic E-state index is 0.173. The van der Waals surface area contributed by atoms with Crippen molar-refractivity contribution in [3.63, 3.8) is 0 Å². The lowest BCUT2D eigenvalue weighted by atomic mass is 9.97. The fourth-order valence-corrected chi connectivity index (χ4v) is 5.27. The molecule has 2 aromatic carbocycles. The Labute approximate surface area is 190 Å². The third-order valence-corrected chi connectivity index (χ3v) is 6.89. The normalized spacial score (nSPS) is 23.6. The molecular formula is C26H34N2O4. The van der Waals surface area contributed by atoms with E-state index in [0.29, 0.717) is 18.5 Å². The van der Waals surface area contributed by atoms with Crippen molar-refractivity contribution in [1.82, 2.24) is 10.2 Å². The molecule has 2 aliphatic rings. The van der Waals surface area contributed by atoms with Crippen molar-refractivity contribution in [2.45, 2.75) is 63.2 Å². The summed E-state index contributed by atoms with van der Waals surface area (Å²) in [6, 6.07) is 15.0. The number of amides is 1. The summed E-state index contributed by atoms with van der Waals surface area (Å²) in [5.74, 6) is 2.72. The van der Waals surface area contributed by atoms with Crippen LogP contribution in [0, 0.1) is 0 Å². The van der Waals surface area contributed by atoms with Crippen molar-refractivity contribution in [3.8, 4) is 17.2 Å². The first-order valence-electron chi connectivity index (χ1n) is 11.5. The number of carbonyl (C=O) groups excluding carboxylic acids is 1. The predicted molar refractivity (Wildman–Crippen MR) is 124 cm³/mol. The van der Waals surface area contributed by atoms with Crippen molar-refractivity contribution in [2.75, 3.05) is 21.3 Å². The van der Waals surface area contributed by atoms with Gasteiger partial charge in [0.05, 0.1) is 26.9 Å². The van der Waals surface area contributed by atoms with Gasteiger partial charge in [0, 0.05) is 31.1 Å². The molecule has 2 fully saturated rings. The Bertz CT molecular complexity index is 892. The summed E-state index contributed by atoms with van der Waals surface area (Å²) in [6.45, 7) is 0.727. The van der Waals surface area contributed by atoms with Crippen LogP contribution in [-0.2, 0) is 17.8 Å². The van der Waals surface area contributed by atoms with E-state index >= 15 is 0 Å². The SMILES string of the molecule is COc1ccc(C[C@@H]2C[C@@H]3NC(=O)CCCC[C@H]3N2Cc2c(OC)cccc2OC)cc1. The van der Waals surface area contributed by atoms with Gasteiger partial charge in [-0.3, -0.25) is 9.69 Å². The van der Waals surface area contributed by atoms with Gasteiger partial charge < -0.3 is 19.5 Å². The van der Waals surface area contributed by atoms with Gasteiger partial charge in [-0.1, -0.05) is 24.6 Å². The zero-order valence-electron chi connectivity index (χ0n) is 19.3. The van der Waals surface area contributed by atoms with E-state index in [9.17, 15) is 4.79 Å². The fourth-order valence-electron chi connectivity index (χ4n) is 5.27. The number of fused-ring (bicyclic) bond motifs is 1. The average Bonchev–Trinajstić information content (AvgIpc) is 3.10. The van der Waals surface area contributed by atoms with Crippen LogP contribution in [0.3, 0.4) is 0 Å². The number of hydrogen-bond donors (Lipinski definition) is 1. The molecule has 3 atom stereocenters. The molecule has 172 valence electrons. The van der Waals surface area contributed by atoms with Crippen LogP contribution in [0.1, 0.15) is 43.2 Å². The number of carbonyl (C=O) groups is 1. The Balaban J connectivity index is 1.64. The average molecular weight is 439 g/mol. The first-order chi connectivity index (χ1) is 15.6. The molecule has 0 aliphatic carbocycles. The monoisotopic (exact) mass is 438 g/mol. The number of hydrogen-bond acceptors (Lipinski definition) is 5. The van der Waals surface area contributed by atoms with E-state index in [0.717, 1.165) is 61.5 Å². The highest BCUT2D eigenvalue weighted by molar-refractivity contribution is 5.76. The summed E-state index contributed by atoms with van der Waals surface area (Å²) in [5.41, 5.74) is 2.33. The highest BCUT2D eigenvalue weighted by Crippen LogP contribution is 2.37. The van der Waals surface area contributed by atoms with Crippen LogP contribution in [0.2, 0.25) is 0 Å². The van der Waals surface area contributed by atoms with Crippen molar-refractivity contribution < 1.29 is 19.0 Å². The maximum Gasteiger partial charge on any atom is 0.220 e. The third-order valence-electron chi connectivity index (χ3n) is 6.89. The number of nitrogens with zero attached hydrogens (tertiary/aromatic N) is 1. The molecule has 0 aromatic heterocycles. The molecule has 6 heteroatoms. The third kappa shape index (κ3) is 4.85. The van der Waals surface area contributed by atoms with Gasteiger partial charge in [-0.2, -0.15) is 0 Å². The summed E-state index contributed by atoms with van der Waals surface area (Å²) < 4.78 is 16.7. The molecule has 2 heterocycles. The van der Waals surface area contributed by atoms with Crippen LogP contribution < -0.4 is 19.5 Å². The molecule has 0 radical (unpaired) electrons. The van der Waals surface area contributed by atoms with E-state index in [4.69, 9.17) is 14.2 Å². The summed E-state index contributed by atoms with van der Waals surface area (Å²) in [6.07, 6.45) is 5.60. The Morgan fingerprint density at radius 3 is 2.34 bits per heavy atom. The van der Waals surface area contributed by atoms with E-state index in [2.05, 4.69) is 22.3 Å². The number of nitrogens with one attached hydrogen (secondary N) is 1. The Kier molecular flexibility index (Phi) is 7.20. The van der Waals surface area contributed by atoms with Crippen LogP contribution in [0.5, 0.6) is 17.2 Å². The maximum absolute atomic E-state index is 12.4. The lowest BCUT2D eigenvalue weighted by Crippen LogP contribution is -2.46. The minimum Gasteiger partial charge on any atom is -0.497 e. The zero-order chi connectivity index (χ0) is 22.5. The highest BCUT2D eigenvalue weighted by Gasteiger charge is 2.42. The Morgan fingerprint density at radius 1 is 0.969 bits per heavy atom. The second-order valence-electron chi connectivity index (χ2n) is 8.74. The summed E-state index contributed by atoms with van der Waals surface area (Å²) in [5, 5.41) is 3.32. The summed E-state index contributed by atoms with van der Waals surface area (Å²) in [4.78, 5) is 15.0. The number of rotatable bonds is 7. The van der Waals surface area contributed by atoms with Gasteiger partial charge in [-0.15, -0.1) is 0 Å². The quantitative estimate of drug-likeness (QED) is 0.709. The molecule has 1 N–H and O–H groups in total. The van der Waals surface area contributed by atoms with Gasteiger partial charge in [0.2, 0.25) is 5.91 Å². The minimum atomic E-state index is 0.173. The maximum atomic E-state index is 12.4. The van der Waals surface area contributed by atoms with E-state index in [1.807, 2.05) is 30.3 Å².